The maximum atomic E-state index is 4.29. The van der Waals surface area contributed by atoms with E-state index in [9.17, 15) is 0 Å². The van der Waals surface area contributed by atoms with Crippen LogP contribution in [0.4, 0.5) is 0 Å². The number of hydrogen-bond donors (Lipinski definition) is 2. The molecule has 0 saturated heterocycles. The molecule has 0 aliphatic rings. The third-order valence-electron chi connectivity index (χ3n) is 2.28. The SMILES string of the molecule is C[C@@H](NCc1cnc[nH]1)c1ccccn1. The molecule has 0 unspecified atom stereocenters. The largest absolute Gasteiger partial charge is 0.347 e. The molecule has 2 aromatic heterocycles. The van der Waals surface area contributed by atoms with Gasteiger partial charge in [0.2, 0.25) is 0 Å². The summed E-state index contributed by atoms with van der Waals surface area (Å²) in [5.41, 5.74) is 2.13. The van der Waals surface area contributed by atoms with Crippen LogP contribution in [0.2, 0.25) is 0 Å². The molecule has 2 heterocycles. The molecule has 2 aromatic rings. The highest BCUT2D eigenvalue weighted by Crippen LogP contribution is 2.08. The molecule has 0 spiro atoms. The van der Waals surface area contributed by atoms with Crippen molar-refractivity contribution in [3.05, 3.63) is 48.3 Å². The number of nitrogens with one attached hydrogen (secondary N) is 2. The first-order chi connectivity index (χ1) is 7.36. The van der Waals surface area contributed by atoms with Gasteiger partial charge in [-0.05, 0) is 19.1 Å². The van der Waals surface area contributed by atoms with E-state index in [4.69, 9.17) is 0 Å². The average Bonchev–Trinajstić information content (AvgIpc) is 2.80. The van der Waals surface area contributed by atoms with E-state index in [1.165, 1.54) is 0 Å². The Balaban J connectivity index is 1.90. The predicted molar refractivity (Wildman–Crippen MR) is 58.1 cm³/mol. The Morgan fingerprint density at radius 1 is 1.47 bits per heavy atom. The van der Waals surface area contributed by atoms with E-state index in [0.717, 1.165) is 17.9 Å². The molecule has 2 rings (SSSR count). The molecule has 0 fully saturated rings. The Kier molecular flexibility index (Phi) is 3.09. The van der Waals surface area contributed by atoms with E-state index < -0.39 is 0 Å². The molecule has 0 amide bonds. The van der Waals surface area contributed by atoms with Gasteiger partial charge in [-0.25, -0.2) is 4.98 Å². The third-order valence-corrected chi connectivity index (χ3v) is 2.28. The molecule has 0 aliphatic heterocycles. The van der Waals surface area contributed by atoms with Gasteiger partial charge in [0.15, 0.2) is 0 Å². The van der Waals surface area contributed by atoms with Gasteiger partial charge in [-0.3, -0.25) is 4.98 Å². The predicted octanol–water partition coefficient (Wildman–Crippen LogP) is 1.66. The number of hydrogen-bond acceptors (Lipinski definition) is 3. The molecular weight excluding hydrogens is 188 g/mol. The minimum absolute atomic E-state index is 0.245. The minimum Gasteiger partial charge on any atom is -0.347 e. The molecule has 78 valence electrons. The summed E-state index contributed by atoms with van der Waals surface area (Å²) in [5.74, 6) is 0. The van der Waals surface area contributed by atoms with Crippen molar-refractivity contribution in [1.29, 1.82) is 0 Å². The Morgan fingerprint density at radius 2 is 2.40 bits per heavy atom. The lowest BCUT2D eigenvalue weighted by Gasteiger charge is -2.11. The number of aromatic amines is 1. The second-order valence-electron chi connectivity index (χ2n) is 3.43. The highest BCUT2D eigenvalue weighted by Gasteiger charge is 2.05. The molecule has 2 N–H and O–H groups in total. The number of imidazole rings is 1. The summed E-state index contributed by atoms with van der Waals surface area (Å²) in [6.07, 6.45) is 5.31. The van der Waals surface area contributed by atoms with E-state index in [2.05, 4.69) is 27.2 Å². The van der Waals surface area contributed by atoms with Crippen molar-refractivity contribution in [2.45, 2.75) is 19.5 Å². The quantitative estimate of drug-likeness (QED) is 0.792. The minimum atomic E-state index is 0.245. The molecule has 1 atom stereocenters. The molecule has 0 aliphatic carbocycles. The Hall–Kier alpha value is -1.68. The van der Waals surface area contributed by atoms with Crippen LogP contribution in [0.1, 0.15) is 24.4 Å². The maximum absolute atomic E-state index is 4.29. The fraction of sp³-hybridized carbons (Fsp3) is 0.273. The van der Waals surface area contributed by atoms with Gasteiger partial charge >= 0.3 is 0 Å². The molecule has 0 aromatic carbocycles. The van der Waals surface area contributed by atoms with Crippen LogP contribution in [0.3, 0.4) is 0 Å². The van der Waals surface area contributed by atoms with Crippen molar-refractivity contribution in [2.24, 2.45) is 0 Å². The van der Waals surface area contributed by atoms with Gasteiger partial charge in [-0.15, -0.1) is 0 Å². The fourth-order valence-corrected chi connectivity index (χ4v) is 1.38. The van der Waals surface area contributed by atoms with Crippen LogP contribution >= 0.6 is 0 Å². The number of aromatic nitrogens is 3. The molecule has 15 heavy (non-hydrogen) atoms. The normalized spacial score (nSPS) is 12.6. The monoisotopic (exact) mass is 202 g/mol. The van der Waals surface area contributed by atoms with Crippen molar-refractivity contribution < 1.29 is 0 Å². The summed E-state index contributed by atoms with van der Waals surface area (Å²) >= 11 is 0. The Bertz CT molecular complexity index is 382. The number of H-pyrrole nitrogens is 1. The van der Waals surface area contributed by atoms with Crippen molar-refractivity contribution in [2.75, 3.05) is 0 Å². The molecule has 4 nitrogen and oxygen atoms in total. The Labute approximate surface area is 88.8 Å². The fourth-order valence-electron chi connectivity index (χ4n) is 1.38. The van der Waals surface area contributed by atoms with Crippen molar-refractivity contribution >= 4 is 0 Å². The summed E-state index contributed by atoms with van der Waals surface area (Å²) < 4.78 is 0. The zero-order chi connectivity index (χ0) is 10.5. The van der Waals surface area contributed by atoms with Crippen LogP contribution in [0, 0.1) is 0 Å². The van der Waals surface area contributed by atoms with Crippen LogP contribution < -0.4 is 5.32 Å². The van der Waals surface area contributed by atoms with E-state index in [-0.39, 0.29) is 6.04 Å². The summed E-state index contributed by atoms with van der Waals surface area (Å²) in [7, 11) is 0. The van der Waals surface area contributed by atoms with Gasteiger partial charge in [-0.2, -0.15) is 0 Å². The van der Waals surface area contributed by atoms with Gasteiger partial charge in [0.05, 0.1) is 12.0 Å². The second kappa shape index (κ2) is 4.70. The van der Waals surface area contributed by atoms with Crippen LogP contribution in [-0.2, 0) is 6.54 Å². The highest BCUT2D eigenvalue weighted by atomic mass is 15.0. The van der Waals surface area contributed by atoms with Gasteiger partial charge < -0.3 is 10.3 Å². The molecule has 0 radical (unpaired) electrons. The molecule has 0 saturated carbocycles. The number of nitrogens with zero attached hydrogens (tertiary/aromatic N) is 2. The summed E-state index contributed by atoms with van der Waals surface area (Å²) in [6, 6.07) is 6.18. The van der Waals surface area contributed by atoms with E-state index >= 15 is 0 Å². The van der Waals surface area contributed by atoms with Crippen molar-refractivity contribution in [3.8, 4) is 0 Å². The van der Waals surface area contributed by atoms with E-state index in [1.54, 1.807) is 6.33 Å². The standard InChI is InChI=1S/C11H14N4/c1-9(11-4-2-3-5-13-11)14-7-10-6-12-8-15-10/h2-6,8-9,14H,7H2,1H3,(H,12,15)/t9-/m1/s1. The smallest absolute Gasteiger partial charge is 0.0922 e. The summed E-state index contributed by atoms with van der Waals surface area (Å²) in [6.45, 7) is 2.87. The third kappa shape index (κ3) is 2.63. The van der Waals surface area contributed by atoms with Crippen molar-refractivity contribution in [1.82, 2.24) is 20.3 Å². The zero-order valence-electron chi connectivity index (χ0n) is 8.64. The van der Waals surface area contributed by atoms with E-state index in [0.29, 0.717) is 0 Å². The molecule has 4 heteroatoms. The van der Waals surface area contributed by atoms with Crippen molar-refractivity contribution in [3.63, 3.8) is 0 Å². The average molecular weight is 202 g/mol. The van der Waals surface area contributed by atoms with Gasteiger partial charge in [-0.1, -0.05) is 6.07 Å². The highest BCUT2D eigenvalue weighted by molar-refractivity contribution is 5.08. The molecular formula is C11H14N4. The first-order valence-corrected chi connectivity index (χ1v) is 4.98. The van der Waals surface area contributed by atoms with Crippen LogP contribution in [0.25, 0.3) is 0 Å². The lowest BCUT2D eigenvalue weighted by Crippen LogP contribution is -2.19. The lowest BCUT2D eigenvalue weighted by atomic mass is 10.2. The second-order valence-corrected chi connectivity index (χ2v) is 3.43. The van der Waals surface area contributed by atoms with Gasteiger partial charge in [0.25, 0.3) is 0 Å². The van der Waals surface area contributed by atoms with Crippen LogP contribution in [0.15, 0.2) is 36.9 Å². The Morgan fingerprint density at radius 3 is 3.07 bits per heavy atom. The van der Waals surface area contributed by atoms with Gasteiger partial charge in [0, 0.05) is 30.7 Å². The summed E-state index contributed by atoms with van der Waals surface area (Å²) in [4.78, 5) is 11.3. The first kappa shape index (κ1) is 9.86. The first-order valence-electron chi connectivity index (χ1n) is 4.98. The number of rotatable bonds is 4. The summed E-state index contributed by atoms with van der Waals surface area (Å²) in [5, 5.41) is 3.37. The zero-order valence-corrected chi connectivity index (χ0v) is 8.64. The van der Waals surface area contributed by atoms with Gasteiger partial charge in [0.1, 0.15) is 0 Å². The molecule has 0 bridgehead atoms. The van der Waals surface area contributed by atoms with E-state index in [1.807, 2.05) is 30.6 Å². The van der Waals surface area contributed by atoms with Crippen LogP contribution in [-0.4, -0.2) is 15.0 Å². The van der Waals surface area contributed by atoms with Crippen LogP contribution in [0.5, 0.6) is 0 Å². The maximum Gasteiger partial charge on any atom is 0.0922 e. The lowest BCUT2D eigenvalue weighted by molar-refractivity contribution is 0.556. The topological polar surface area (TPSA) is 53.6 Å². The number of pyridine rings is 1.